The van der Waals surface area contributed by atoms with Crippen LogP contribution in [0.5, 0.6) is 0 Å². The van der Waals surface area contributed by atoms with Crippen LogP contribution in [0.15, 0.2) is 40.9 Å². The monoisotopic (exact) mass is 322 g/mol. The van der Waals surface area contributed by atoms with Gasteiger partial charge in [0.1, 0.15) is 18.1 Å². The molecule has 1 aliphatic carbocycles. The van der Waals surface area contributed by atoms with Gasteiger partial charge in [-0.25, -0.2) is 4.79 Å². The maximum atomic E-state index is 12.0. The highest BCUT2D eigenvalue weighted by atomic mass is 79.9. The van der Waals surface area contributed by atoms with Gasteiger partial charge in [0.25, 0.3) is 0 Å². The molecule has 2 heterocycles. The third-order valence-electron chi connectivity index (χ3n) is 3.29. The highest BCUT2D eigenvalue weighted by Gasteiger charge is 2.45. The van der Waals surface area contributed by atoms with Gasteiger partial charge in [0.15, 0.2) is 0 Å². The van der Waals surface area contributed by atoms with E-state index in [1.165, 1.54) is 0 Å². The van der Waals surface area contributed by atoms with Crippen molar-refractivity contribution in [1.29, 1.82) is 0 Å². The van der Waals surface area contributed by atoms with Gasteiger partial charge in [-0.05, 0) is 12.1 Å². The van der Waals surface area contributed by atoms with Crippen LogP contribution in [0.25, 0.3) is 0 Å². The summed E-state index contributed by atoms with van der Waals surface area (Å²) in [5.74, 6) is -1.24. The van der Waals surface area contributed by atoms with Gasteiger partial charge in [0.05, 0.1) is 5.56 Å². The van der Waals surface area contributed by atoms with Crippen molar-refractivity contribution >= 4 is 27.9 Å². The van der Waals surface area contributed by atoms with Gasteiger partial charge in [-0.15, -0.1) is 0 Å². The lowest BCUT2D eigenvalue weighted by Crippen LogP contribution is -2.46. The summed E-state index contributed by atoms with van der Waals surface area (Å²) in [5, 5.41) is 0. The number of hydrogen-bond acceptors (Lipinski definition) is 4. The average molecular weight is 323 g/mol. The number of ether oxygens (including phenoxy) is 2. The zero-order valence-electron chi connectivity index (χ0n) is 9.91. The van der Waals surface area contributed by atoms with Gasteiger partial charge in [0, 0.05) is 10.9 Å². The quantitative estimate of drug-likeness (QED) is 0.785. The largest absolute Gasteiger partial charge is 0.457 e. The molecule has 3 aliphatic rings. The van der Waals surface area contributed by atoms with E-state index in [1.54, 1.807) is 30.3 Å². The molecule has 3 atom stereocenters. The van der Waals surface area contributed by atoms with E-state index in [2.05, 4.69) is 15.9 Å². The van der Waals surface area contributed by atoms with E-state index in [-0.39, 0.29) is 12.1 Å². The molecule has 4 rings (SSSR count). The molecule has 1 aromatic carbocycles. The second-order valence-electron chi connectivity index (χ2n) is 4.55. The maximum Gasteiger partial charge on any atom is 0.338 e. The molecule has 0 N–H and O–H groups in total. The van der Waals surface area contributed by atoms with Crippen LogP contribution in [0.1, 0.15) is 16.8 Å². The molecule has 2 bridgehead atoms. The van der Waals surface area contributed by atoms with E-state index in [1.807, 2.05) is 6.07 Å². The number of hydrogen-bond donors (Lipinski definition) is 0. The van der Waals surface area contributed by atoms with Gasteiger partial charge in [-0.3, -0.25) is 4.79 Å². The van der Waals surface area contributed by atoms with Crippen LogP contribution in [-0.4, -0.2) is 24.1 Å². The predicted molar refractivity (Wildman–Crippen MR) is 70.6 cm³/mol. The zero-order chi connectivity index (χ0) is 13.4. The van der Waals surface area contributed by atoms with E-state index in [4.69, 9.17) is 9.47 Å². The van der Waals surface area contributed by atoms with Crippen LogP contribution >= 0.6 is 15.9 Å². The first-order valence-corrected chi connectivity index (χ1v) is 6.78. The molecule has 0 aromatic heterocycles. The molecule has 1 aromatic rings. The summed E-state index contributed by atoms with van der Waals surface area (Å²) in [7, 11) is 0. The summed E-state index contributed by atoms with van der Waals surface area (Å²) in [6.45, 7) is 0. The number of halogens is 1. The minimum Gasteiger partial charge on any atom is -0.457 e. The summed E-state index contributed by atoms with van der Waals surface area (Å²) in [6, 6.07) is 8.75. The lowest BCUT2D eigenvalue weighted by Gasteiger charge is -2.37. The van der Waals surface area contributed by atoms with Crippen LogP contribution < -0.4 is 0 Å². The first-order chi connectivity index (χ1) is 9.15. The van der Waals surface area contributed by atoms with Gasteiger partial charge in [-0.2, -0.15) is 0 Å². The van der Waals surface area contributed by atoms with Crippen molar-refractivity contribution in [3.05, 3.63) is 46.5 Å². The van der Waals surface area contributed by atoms with Crippen molar-refractivity contribution in [2.24, 2.45) is 5.92 Å². The summed E-state index contributed by atoms with van der Waals surface area (Å²) in [4.78, 5) is 23.6. The van der Waals surface area contributed by atoms with Crippen LogP contribution in [0.3, 0.4) is 0 Å². The van der Waals surface area contributed by atoms with E-state index >= 15 is 0 Å². The molecule has 0 radical (unpaired) electrons. The smallest absolute Gasteiger partial charge is 0.338 e. The van der Waals surface area contributed by atoms with Gasteiger partial charge >= 0.3 is 11.9 Å². The second kappa shape index (κ2) is 4.81. The van der Waals surface area contributed by atoms with Gasteiger partial charge in [0.2, 0.25) is 0 Å². The third kappa shape index (κ3) is 2.30. The van der Waals surface area contributed by atoms with Crippen LogP contribution in [0, 0.1) is 5.92 Å². The summed E-state index contributed by atoms with van der Waals surface area (Å²) >= 11 is 3.35. The minimum absolute atomic E-state index is 0.328. The minimum atomic E-state index is -0.507. The van der Waals surface area contributed by atoms with E-state index < -0.39 is 18.0 Å². The highest BCUT2D eigenvalue weighted by Crippen LogP contribution is 2.37. The third-order valence-corrected chi connectivity index (χ3v) is 4.07. The summed E-state index contributed by atoms with van der Waals surface area (Å²) in [6.07, 6.45) is 1.50. The Kier molecular flexibility index (Phi) is 3.14. The Bertz CT molecular complexity index is 552. The lowest BCUT2D eigenvalue weighted by atomic mass is 9.88. The fraction of sp³-hybridized carbons (Fsp3) is 0.286. The van der Waals surface area contributed by atoms with Crippen LogP contribution in [0.2, 0.25) is 0 Å². The number of esters is 2. The van der Waals surface area contributed by atoms with Crippen molar-refractivity contribution in [2.45, 2.75) is 18.6 Å². The number of rotatable bonds is 2. The SMILES string of the molecule is O=C(O[C@H]1C[C@@H]2OC(=O)[C@H]1C=C2Br)c1ccccc1. The molecular formula is C14H11BrO4. The second-order valence-corrected chi connectivity index (χ2v) is 5.46. The normalized spacial score (nSPS) is 28.6. The van der Waals surface area contributed by atoms with Crippen molar-refractivity contribution < 1.29 is 19.1 Å². The molecule has 19 heavy (non-hydrogen) atoms. The molecule has 0 unspecified atom stereocenters. The number of fused-ring (bicyclic) bond motifs is 2. The Labute approximate surface area is 118 Å². The molecule has 0 saturated carbocycles. The molecule has 5 heteroatoms. The topological polar surface area (TPSA) is 52.6 Å². The molecule has 0 amide bonds. The Balaban J connectivity index is 1.75. The Morgan fingerprint density at radius 3 is 2.74 bits per heavy atom. The maximum absolute atomic E-state index is 12.0. The van der Waals surface area contributed by atoms with Crippen molar-refractivity contribution in [2.75, 3.05) is 0 Å². The van der Waals surface area contributed by atoms with Crippen LogP contribution in [-0.2, 0) is 14.3 Å². The molecule has 2 aliphatic heterocycles. The molecule has 1 saturated heterocycles. The lowest BCUT2D eigenvalue weighted by molar-refractivity contribution is -0.165. The molecule has 98 valence electrons. The highest BCUT2D eigenvalue weighted by molar-refractivity contribution is 9.11. The average Bonchev–Trinajstić information content (AvgIpc) is 2.42. The van der Waals surface area contributed by atoms with Gasteiger partial charge in [-0.1, -0.05) is 40.2 Å². The van der Waals surface area contributed by atoms with E-state index in [0.29, 0.717) is 12.0 Å². The first kappa shape index (κ1) is 12.4. The van der Waals surface area contributed by atoms with Crippen LogP contribution in [0.4, 0.5) is 0 Å². The predicted octanol–water partition coefficient (Wildman–Crippen LogP) is 2.44. The van der Waals surface area contributed by atoms with Crippen molar-refractivity contribution in [3.8, 4) is 0 Å². The number of carbonyl (C=O) groups is 2. The fourth-order valence-electron chi connectivity index (χ4n) is 2.30. The molecular weight excluding hydrogens is 312 g/mol. The number of carbonyl (C=O) groups excluding carboxylic acids is 2. The zero-order valence-corrected chi connectivity index (χ0v) is 11.5. The summed E-state index contributed by atoms with van der Waals surface area (Å²) < 4.78 is 11.4. The van der Waals surface area contributed by atoms with Gasteiger partial charge < -0.3 is 9.47 Å². The Hall–Kier alpha value is -1.62. The molecule has 0 spiro atoms. The Morgan fingerprint density at radius 2 is 2.05 bits per heavy atom. The molecule has 1 fully saturated rings. The number of benzene rings is 1. The van der Waals surface area contributed by atoms with E-state index in [9.17, 15) is 9.59 Å². The first-order valence-electron chi connectivity index (χ1n) is 5.99. The molecule has 4 nitrogen and oxygen atoms in total. The Morgan fingerprint density at radius 1 is 1.32 bits per heavy atom. The van der Waals surface area contributed by atoms with E-state index in [0.717, 1.165) is 4.48 Å². The fourth-order valence-corrected chi connectivity index (χ4v) is 2.87. The summed E-state index contributed by atoms with van der Waals surface area (Å²) in [5.41, 5.74) is 0.486. The standard InChI is InChI=1S/C14H11BrO4/c15-10-6-9-11(7-12(10)19-14(9)17)18-13(16)8-4-2-1-3-5-8/h1-6,9,11-12H,7H2/t9-,11-,12-/m0/s1. The van der Waals surface area contributed by atoms with Crippen molar-refractivity contribution in [1.82, 2.24) is 0 Å². The van der Waals surface area contributed by atoms with Crippen molar-refractivity contribution in [3.63, 3.8) is 0 Å².